The number of rotatable bonds is 4. The van der Waals surface area contributed by atoms with Crippen molar-refractivity contribution in [3.63, 3.8) is 0 Å². The van der Waals surface area contributed by atoms with Gasteiger partial charge in [-0.25, -0.2) is 0 Å². The normalized spacial score (nSPS) is 20.4. The van der Waals surface area contributed by atoms with E-state index >= 15 is 0 Å². The highest BCUT2D eigenvalue weighted by atomic mass is 16.1. The summed E-state index contributed by atoms with van der Waals surface area (Å²) >= 11 is 0. The quantitative estimate of drug-likeness (QED) is 0.664. The summed E-state index contributed by atoms with van der Waals surface area (Å²) < 4.78 is 0. The summed E-state index contributed by atoms with van der Waals surface area (Å²) in [7, 11) is 0. The van der Waals surface area contributed by atoms with Crippen LogP contribution in [0.2, 0.25) is 0 Å². The van der Waals surface area contributed by atoms with Gasteiger partial charge in [-0.1, -0.05) is 0 Å². The van der Waals surface area contributed by atoms with Crippen LogP contribution in [0.4, 0.5) is 0 Å². The minimum Gasteiger partial charge on any atom is -0.367 e. The van der Waals surface area contributed by atoms with Crippen molar-refractivity contribution in [2.24, 2.45) is 5.92 Å². The number of carbonyl (C=O) groups excluding carboxylic acids is 1. The van der Waals surface area contributed by atoms with Gasteiger partial charge in [-0.2, -0.15) is 0 Å². The van der Waals surface area contributed by atoms with Crippen LogP contribution in [0.15, 0.2) is 18.5 Å². The van der Waals surface area contributed by atoms with Crippen LogP contribution in [0.1, 0.15) is 12.0 Å². The number of aromatic amines is 1. The summed E-state index contributed by atoms with van der Waals surface area (Å²) in [5.41, 5.74) is 1.24. The number of H-pyrrole nitrogens is 1. The molecule has 0 bridgehead atoms. The van der Waals surface area contributed by atoms with E-state index in [9.17, 15) is 4.79 Å². The standard InChI is InChI=1S/C11H17N3O/c15-11(10-3-5-13-8-10)14-6-2-9-1-4-12-7-9/h1,4,7,10,12-13H,2-3,5-6,8H2,(H,14,15). The number of hydrogen-bond acceptors (Lipinski definition) is 2. The smallest absolute Gasteiger partial charge is 0.224 e. The van der Waals surface area contributed by atoms with Gasteiger partial charge in [0, 0.05) is 25.5 Å². The topological polar surface area (TPSA) is 56.9 Å². The molecule has 1 aliphatic rings. The summed E-state index contributed by atoms with van der Waals surface area (Å²) in [5, 5.41) is 6.16. The SMILES string of the molecule is O=C(NCCc1cc[nH]c1)C1CCNC1. The molecule has 1 saturated heterocycles. The number of aromatic nitrogens is 1. The van der Waals surface area contributed by atoms with E-state index in [0.29, 0.717) is 0 Å². The van der Waals surface area contributed by atoms with E-state index in [1.807, 2.05) is 18.5 Å². The van der Waals surface area contributed by atoms with Crippen molar-refractivity contribution in [3.8, 4) is 0 Å². The molecule has 0 aliphatic carbocycles. The van der Waals surface area contributed by atoms with Gasteiger partial charge in [0.25, 0.3) is 0 Å². The summed E-state index contributed by atoms with van der Waals surface area (Å²) in [4.78, 5) is 14.6. The molecule has 0 aromatic carbocycles. The summed E-state index contributed by atoms with van der Waals surface area (Å²) in [6.07, 6.45) is 5.73. The Hall–Kier alpha value is -1.29. The first kappa shape index (κ1) is 10.2. The van der Waals surface area contributed by atoms with Gasteiger partial charge in [0.05, 0.1) is 5.92 Å². The molecule has 1 aliphatic heterocycles. The third kappa shape index (κ3) is 2.83. The minimum atomic E-state index is 0.177. The number of amides is 1. The lowest BCUT2D eigenvalue weighted by Crippen LogP contribution is -2.33. The molecule has 1 amide bonds. The Morgan fingerprint density at radius 3 is 3.20 bits per heavy atom. The van der Waals surface area contributed by atoms with Gasteiger partial charge in [-0.15, -0.1) is 0 Å². The molecule has 15 heavy (non-hydrogen) atoms. The Balaban J connectivity index is 1.67. The highest BCUT2D eigenvalue weighted by Gasteiger charge is 2.21. The summed E-state index contributed by atoms with van der Waals surface area (Å²) in [6, 6.07) is 2.03. The Morgan fingerprint density at radius 2 is 2.53 bits per heavy atom. The zero-order valence-electron chi connectivity index (χ0n) is 8.75. The Kier molecular flexibility index (Phi) is 3.40. The molecule has 0 saturated carbocycles. The van der Waals surface area contributed by atoms with Crippen molar-refractivity contribution in [1.29, 1.82) is 0 Å². The van der Waals surface area contributed by atoms with Crippen LogP contribution in [0, 0.1) is 5.92 Å². The molecule has 1 aromatic rings. The first-order valence-corrected chi connectivity index (χ1v) is 5.46. The highest BCUT2D eigenvalue weighted by Crippen LogP contribution is 2.06. The fourth-order valence-electron chi connectivity index (χ4n) is 1.87. The monoisotopic (exact) mass is 207 g/mol. The zero-order valence-corrected chi connectivity index (χ0v) is 8.75. The second-order valence-electron chi connectivity index (χ2n) is 3.95. The molecule has 2 heterocycles. The number of carbonyl (C=O) groups is 1. The van der Waals surface area contributed by atoms with E-state index in [-0.39, 0.29) is 11.8 Å². The molecule has 3 N–H and O–H groups in total. The van der Waals surface area contributed by atoms with E-state index in [2.05, 4.69) is 15.6 Å². The first-order chi connectivity index (χ1) is 7.36. The van der Waals surface area contributed by atoms with Gasteiger partial charge in [0.1, 0.15) is 0 Å². The van der Waals surface area contributed by atoms with Gasteiger partial charge in [0.2, 0.25) is 5.91 Å². The first-order valence-electron chi connectivity index (χ1n) is 5.46. The van der Waals surface area contributed by atoms with E-state index in [1.54, 1.807) is 0 Å². The van der Waals surface area contributed by atoms with E-state index in [1.165, 1.54) is 5.56 Å². The molecule has 1 aromatic heterocycles. The van der Waals surface area contributed by atoms with Crippen molar-refractivity contribution in [2.45, 2.75) is 12.8 Å². The molecular formula is C11H17N3O. The maximum absolute atomic E-state index is 11.6. The fourth-order valence-corrected chi connectivity index (χ4v) is 1.87. The van der Waals surface area contributed by atoms with E-state index < -0.39 is 0 Å². The van der Waals surface area contributed by atoms with Crippen molar-refractivity contribution >= 4 is 5.91 Å². The van der Waals surface area contributed by atoms with Gasteiger partial charge in [-0.05, 0) is 31.0 Å². The molecule has 0 spiro atoms. The van der Waals surface area contributed by atoms with Gasteiger partial charge in [-0.3, -0.25) is 4.79 Å². The molecule has 1 fully saturated rings. The second kappa shape index (κ2) is 4.98. The lowest BCUT2D eigenvalue weighted by Gasteiger charge is -2.08. The van der Waals surface area contributed by atoms with Crippen molar-refractivity contribution in [2.75, 3.05) is 19.6 Å². The van der Waals surface area contributed by atoms with Crippen LogP contribution in [0.5, 0.6) is 0 Å². The van der Waals surface area contributed by atoms with Gasteiger partial charge in [0.15, 0.2) is 0 Å². The van der Waals surface area contributed by atoms with Crippen LogP contribution in [-0.2, 0) is 11.2 Å². The van der Waals surface area contributed by atoms with Crippen LogP contribution in [-0.4, -0.2) is 30.5 Å². The molecule has 2 rings (SSSR count). The van der Waals surface area contributed by atoms with Crippen LogP contribution >= 0.6 is 0 Å². The Labute approximate surface area is 89.5 Å². The van der Waals surface area contributed by atoms with Crippen molar-refractivity contribution in [3.05, 3.63) is 24.0 Å². The summed E-state index contributed by atoms with van der Waals surface area (Å²) in [5.74, 6) is 0.367. The fraction of sp³-hybridized carbons (Fsp3) is 0.545. The van der Waals surface area contributed by atoms with Crippen LogP contribution in [0.25, 0.3) is 0 Å². The molecule has 1 atom stereocenters. The molecule has 4 nitrogen and oxygen atoms in total. The molecule has 4 heteroatoms. The molecular weight excluding hydrogens is 190 g/mol. The predicted octanol–water partition coefficient (Wildman–Crippen LogP) is 0.283. The maximum Gasteiger partial charge on any atom is 0.224 e. The van der Waals surface area contributed by atoms with Crippen LogP contribution < -0.4 is 10.6 Å². The average molecular weight is 207 g/mol. The number of hydrogen-bond donors (Lipinski definition) is 3. The zero-order chi connectivity index (χ0) is 10.5. The Bertz CT molecular complexity index is 302. The lowest BCUT2D eigenvalue weighted by molar-refractivity contribution is -0.124. The van der Waals surface area contributed by atoms with Crippen LogP contribution in [0.3, 0.4) is 0 Å². The highest BCUT2D eigenvalue weighted by molar-refractivity contribution is 5.79. The maximum atomic E-state index is 11.6. The third-order valence-corrected chi connectivity index (χ3v) is 2.81. The van der Waals surface area contributed by atoms with Gasteiger partial charge < -0.3 is 15.6 Å². The second-order valence-corrected chi connectivity index (χ2v) is 3.95. The largest absolute Gasteiger partial charge is 0.367 e. The molecule has 0 radical (unpaired) electrons. The molecule has 1 unspecified atom stereocenters. The van der Waals surface area contributed by atoms with Crippen molar-refractivity contribution < 1.29 is 4.79 Å². The predicted molar refractivity (Wildman–Crippen MR) is 58.5 cm³/mol. The number of nitrogens with one attached hydrogen (secondary N) is 3. The van der Waals surface area contributed by atoms with E-state index in [0.717, 1.165) is 32.5 Å². The third-order valence-electron chi connectivity index (χ3n) is 2.81. The minimum absolute atomic E-state index is 0.177. The molecule has 82 valence electrons. The lowest BCUT2D eigenvalue weighted by atomic mass is 10.1. The Morgan fingerprint density at radius 1 is 1.60 bits per heavy atom. The van der Waals surface area contributed by atoms with Gasteiger partial charge >= 0.3 is 0 Å². The summed E-state index contributed by atoms with van der Waals surface area (Å²) in [6.45, 7) is 2.53. The van der Waals surface area contributed by atoms with E-state index in [4.69, 9.17) is 0 Å². The van der Waals surface area contributed by atoms with Crippen molar-refractivity contribution in [1.82, 2.24) is 15.6 Å². The average Bonchev–Trinajstić information content (AvgIpc) is 2.90.